The number of carbonyl (C=O) groups is 1. The molecule has 1 unspecified atom stereocenters. The average Bonchev–Trinajstić information content (AvgIpc) is 2.66. The lowest BCUT2D eigenvalue weighted by atomic mass is 10.2. The van der Waals surface area contributed by atoms with E-state index in [0.29, 0.717) is 12.8 Å². The van der Waals surface area contributed by atoms with E-state index in [1.54, 1.807) is 0 Å². The summed E-state index contributed by atoms with van der Waals surface area (Å²) in [6, 6.07) is -0.134. The van der Waals surface area contributed by atoms with Crippen LogP contribution in [0.15, 0.2) is 0 Å². The number of aromatic nitrogens is 3. The molecule has 19 heavy (non-hydrogen) atoms. The Bertz CT molecular complexity index is 430. The maximum absolute atomic E-state index is 11.7. The Morgan fingerprint density at radius 2 is 2.26 bits per heavy atom. The zero-order valence-electron chi connectivity index (χ0n) is 11.4. The van der Waals surface area contributed by atoms with Crippen LogP contribution in [0.4, 0.5) is 0 Å². The number of fused-ring (bicyclic) bond motifs is 1. The molecule has 2 N–H and O–H groups in total. The Kier molecular flexibility index (Phi) is 4.90. The molecule has 0 aromatic carbocycles. The Hall–Kier alpha value is -1.43. The van der Waals surface area contributed by atoms with Crippen molar-refractivity contribution in [1.29, 1.82) is 0 Å². The molecule has 0 saturated heterocycles. The number of rotatable bonds is 5. The SMILES string of the molecule is CC(NC(=O)CCCO)c1nnc2n1CCCCC2. The van der Waals surface area contributed by atoms with Crippen molar-refractivity contribution in [3.05, 3.63) is 11.6 Å². The van der Waals surface area contributed by atoms with Crippen LogP contribution in [-0.4, -0.2) is 32.4 Å². The van der Waals surface area contributed by atoms with Gasteiger partial charge in [0.15, 0.2) is 5.82 Å². The van der Waals surface area contributed by atoms with Gasteiger partial charge in [0, 0.05) is 26.0 Å². The smallest absolute Gasteiger partial charge is 0.220 e. The lowest BCUT2D eigenvalue weighted by molar-refractivity contribution is -0.122. The van der Waals surface area contributed by atoms with Gasteiger partial charge in [0.2, 0.25) is 5.91 Å². The maximum Gasteiger partial charge on any atom is 0.220 e. The first-order valence-corrected chi connectivity index (χ1v) is 7.04. The normalized spacial score (nSPS) is 16.5. The molecule has 2 rings (SSSR count). The minimum Gasteiger partial charge on any atom is -0.396 e. The molecule has 0 bridgehead atoms. The average molecular weight is 266 g/mol. The highest BCUT2D eigenvalue weighted by molar-refractivity contribution is 5.76. The summed E-state index contributed by atoms with van der Waals surface area (Å²) in [5.74, 6) is 1.82. The van der Waals surface area contributed by atoms with Crippen molar-refractivity contribution in [3.8, 4) is 0 Å². The van der Waals surface area contributed by atoms with Crippen LogP contribution in [0.1, 0.15) is 56.7 Å². The van der Waals surface area contributed by atoms with Gasteiger partial charge in [-0.1, -0.05) is 6.42 Å². The Labute approximate surface area is 113 Å². The van der Waals surface area contributed by atoms with Gasteiger partial charge in [0.25, 0.3) is 0 Å². The molecule has 0 spiro atoms. The Morgan fingerprint density at radius 1 is 1.42 bits per heavy atom. The first kappa shape index (κ1) is 14.0. The third-order valence-corrected chi connectivity index (χ3v) is 3.46. The van der Waals surface area contributed by atoms with Crippen LogP contribution in [0.25, 0.3) is 0 Å². The lowest BCUT2D eigenvalue weighted by Gasteiger charge is -2.15. The van der Waals surface area contributed by atoms with Crippen molar-refractivity contribution < 1.29 is 9.90 Å². The van der Waals surface area contributed by atoms with Crippen molar-refractivity contribution in [2.24, 2.45) is 0 Å². The van der Waals surface area contributed by atoms with Crippen LogP contribution < -0.4 is 5.32 Å². The van der Waals surface area contributed by atoms with E-state index >= 15 is 0 Å². The number of hydrogen-bond donors (Lipinski definition) is 2. The predicted octanol–water partition coefficient (Wildman–Crippen LogP) is 0.954. The van der Waals surface area contributed by atoms with Gasteiger partial charge in [-0.15, -0.1) is 10.2 Å². The number of hydrogen-bond acceptors (Lipinski definition) is 4. The third-order valence-electron chi connectivity index (χ3n) is 3.46. The largest absolute Gasteiger partial charge is 0.396 e. The van der Waals surface area contributed by atoms with Crippen molar-refractivity contribution in [1.82, 2.24) is 20.1 Å². The first-order chi connectivity index (χ1) is 9.22. The minimum absolute atomic E-state index is 0.0438. The molecule has 0 fully saturated rings. The fourth-order valence-electron chi connectivity index (χ4n) is 2.45. The number of aryl methyl sites for hydroxylation is 1. The van der Waals surface area contributed by atoms with Gasteiger partial charge in [-0.3, -0.25) is 4.79 Å². The van der Waals surface area contributed by atoms with E-state index in [1.807, 2.05) is 6.92 Å². The lowest BCUT2D eigenvalue weighted by Crippen LogP contribution is -2.28. The second-order valence-electron chi connectivity index (χ2n) is 5.05. The summed E-state index contributed by atoms with van der Waals surface area (Å²) in [6.07, 6.45) is 5.34. The highest BCUT2D eigenvalue weighted by Crippen LogP contribution is 2.18. The van der Waals surface area contributed by atoms with Crippen LogP contribution in [-0.2, 0) is 17.8 Å². The standard InChI is InChI=1S/C13H22N4O2/c1-10(14-12(19)7-5-9-18)13-16-15-11-6-3-2-4-8-17(11)13/h10,18H,2-9H2,1H3,(H,14,19). The fourth-order valence-corrected chi connectivity index (χ4v) is 2.45. The molecular formula is C13H22N4O2. The van der Waals surface area contributed by atoms with Crippen molar-refractivity contribution in [3.63, 3.8) is 0 Å². The number of aliphatic hydroxyl groups excluding tert-OH is 1. The van der Waals surface area contributed by atoms with Gasteiger partial charge in [0.1, 0.15) is 5.82 Å². The predicted molar refractivity (Wildman–Crippen MR) is 70.5 cm³/mol. The number of nitrogens with zero attached hydrogens (tertiary/aromatic N) is 3. The fraction of sp³-hybridized carbons (Fsp3) is 0.769. The monoisotopic (exact) mass is 266 g/mol. The highest BCUT2D eigenvalue weighted by Gasteiger charge is 2.20. The van der Waals surface area contributed by atoms with Gasteiger partial charge in [-0.05, 0) is 26.2 Å². The van der Waals surface area contributed by atoms with E-state index in [4.69, 9.17) is 5.11 Å². The first-order valence-electron chi connectivity index (χ1n) is 7.04. The quantitative estimate of drug-likeness (QED) is 0.831. The maximum atomic E-state index is 11.7. The molecule has 1 aliphatic heterocycles. The van der Waals surface area contributed by atoms with Crippen LogP contribution in [0.5, 0.6) is 0 Å². The number of nitrogens with one attached hydrogen (secondary N) is 1. The van der Waals surface area contributed by atoms with E-state index < -0.39 is 0 Å². The molecule has 6 heteroatoms. The van der Waals surface area contributed by atoms with Gasteiger partial charge in [-0.2, -0.15) is 0 Å². The van der Waals surface area contributed by atoms with Crippen molar-refractivity contribution in [2.75, 3.05) is 6.61 Å². The van der Waals surface area contributed by atoms with E-state index in [0.717, 1.165) is 37.5 Å². The summed E-state index contributed by atoms with van der Waals surface area (Å²) in [6.45, 7) is 2.91. The summed E-state index contributed by atoms with van der Waals surface area (Å²) < 4.78 is 2.14. The molecule has 1 amide bonds. The van der Waals surface area contributed by atoms with E-state index in [1.165, 1.54) is 6.42 Å². The number of carbonyl (C=O) groups excluding carboxylic acids is 1. The van der Waals surface area contributed by atoms with Crippen LogP contribution in [0.2, 0.25) is 0 Å². The number of amides is 1. The summed E-state index contributed by atoms with van der Waals surface area (Å²) in [4.78, 5) is 11.7. The molecule has 1 atom stereocenters. The molecule has 1 aliphatic rings. The summed E-state index contributed by atoms with van der Waals surface area (Å²) in [5.41, 5.74) is 0. The molecule has 0 radical (unpaired) electrons. The van der Waals surface area contributed by atoms with Crippen LogP contribution >= 0.6 is 0 Å². The van der Waals surface area contributed by atoms with E-state index in [2.05, 4.69) is 20.1 Å². The Morgan fingerprint density at radius 3 is 3.05 bits per heavy atom. The van der Waals surface area contributed by atoms with Crippen molar-refractivity contribution >= 4 is 5.91 Å². The zero-order valence-corrected chi connectivity index (χ0v) is 11.4. The number of aliphatic hydroxyl groups is 1. The van der Waals surface area contributed by atoms with E-state index in [9.17, 15) is 4.79 Å². The molecule has 0 aliphatic carbocycles. The molecule has 0 saturated carbocycles. The van der Waals surface area contributed by atoms with Gasteiger partial charge in [0.05, 0.1) is 6.04 Å². The topological polar surface area (TPSA) is 80.0 Å². The zero-order chi connectivity index (χ0) is 13.7. The molecular weight excluding hydrogens is 244 g/mol. The third kappa shape index (κ3) is 3.53. The molecule has 2 heterocycles. The minimum atomic E-state index is -0.134. The van der Waals surface area contributed by atoms with Gasteiger partial charge in [-0.25, -0.2) is 0 Å². The van der Waals surface area contributed by atoms with E-state index in [-0.39, 0.29) is 18.6 Å². The Balaban J connectivity index is 2.01. The van der Waals surface area contributed by atoms with Crippen LogP contribution in [0.3, 0.4) is 0 Å². The summed E-state index contributed by atoms with van der Waals surface area (Å²) in [5, 5.41) is 20.1. The molecule has 1 aromatic rings. The molecule has 6 nitrogen and oxygen atoms in total. The molecule has 106 valence electrons. The van der Waals surface area contributed by atoms with Crippen LogP contribution in [0, 0.1) is 0 Å². The van der Waals surface area contributed by atoms with Gasteiger partial charge < -0.3 is 15.0 Å². The second kappa shape index (κ2) is 6.65. The van der Waals surface area contributed by atoms with Gasteiger partial charge >= 0.3 is 0 Å². The summed E-state index contributed by atoms with van der Waals surface area (Å²) >= 11 is 0. The van der Waals surface area contributed by atoms with Crippen molar-refractivity contribution in [2.45, 2.75) is 58.0 Å². The second-order valence-corrected chi connectivity index (χ2v) is 5.05. The summed E-state index contributed by atoms with van der Waals surface area (Å²) in [7, 11) is 0. The highest BCUT2D eigenvalue weighted by atomic mass is 16.3. The molecule has 1 aromatic heterocycles.